The fraction of sp³-hybridized carbons (Fsp3) is 0.444. The minimum atomic E-state index is 0.509. The van der Waals surface area contributed by atoms with Gasteiger partial charge in [-0.15, -0.1) is 15.3 Å². The number of ether oxygens (including phenoxy) is 1. The molecule has 7 heteroatoms. The van der Waals surface area contributed by atoms with Crippen molar-refractivity contribution in [2.75, 3.05) is 24.6 Å². The molecule has 1 unspecified atom stereocenters. The predicted molar refractivity (Wildman–Crippen MR) is 92.8 cm³/mol. The van der Waals surface area contributed by atoms with Crippen LogP contribution < -0.4 is 9.64 Å². The molecule has 128 valence electrons. The molecule has 1 aliphatic carbocycles. The van der Waals surface area contributed by atoms with E-state index in [2.05, 4.69) is 20.1 Å². The van der Waals surface area contributed by atoms with Gasteiger partial charge in [0, 0.05) is 37.3 Å². The van der Waals surface area contributed by atoms with Crippen LogP contribution in [0.15, 0.2) is 36.7 Å². The van der Waals surface area contributed by atoms with Crippen molar-refractivity contribution in [1.82, 2.24) is 24.8 Å². The molecule has 0 bridgehead atoms. The number of hydrogen-bond donors (Lipinski definition) is 0. The number of aromatic nitrogens is 5. The van der Waals surface area contributed by atoms with Crippen LogP contribution in [0.1, 0.15) is 31.0 Å². The van der Waals surface area contributed by atoms with Crippen LogP contribution in [-0.4, -0.2) is 44.5 Å². The summed E-state index contributed by atoms with van der Waals surface area (Å²) < 4.78 is 7.80. The second-order valence-electron chi connectivity index (χ2n) is 6.89. The van der Waals surface area contributed by atoms with Crippen LogP contribution in [0.2, 0.25) is 0 Å². The Bertz CT molecular complexity index is 876. The minimum absolute atomic E-state index is 0.509. The Morgan fingerprint density at radius 1 is 1.04 bits per heavy atom. The van der Waals surface area contributed by atoms with Crippen LogP contribution in [0.4, 0.5) is 5.82 Å². The van der Waals surface area contributed by atoms with Crippen molar-refractivity contribution < 1.29 is 4.74 Å². The van der Waals surface area contributed by atoms with Gasteiger partial charge in [0.05, 0.1) is 6.61 Å². The summed E-state index contributed by atoms with van der Waals surface area (Å²) in [5.41, 5.74) is 0.836. The number of pyridine rings is 1. The highest BCUT2D eigenvalue weighted by atomic mass is 16.5. The van der Waals surface area contributed by atoms with E-state index in [1.54, 1.807) is 12.4 Å². The first-order valence-electron chi connectivity index (χ1n) is 8.87. The molecule has 2 fully saturated rings. The van der Waals surface area contributed by atoms with Crippen molar-refractivity contribution in [1.29, 1.82) is 0 Å². The third kappa shape index (κ3) is 2.90. The zero-order valence-electron chi connectivity index (χ0n) is 14.0. The van der Waals surface area contributed by atoms with Crippen LogP contribution >= 0.6 is 0 Å². The van der Waals surface area contributed by atoms with Crippen molar-refractivity contribution in [3.63, 3.8) is 0 Å². The monoisotopic (exact) mass is 336 g/mol. The van der Waals surface area contributed by atoms with E-state index in [1.165, 1.54) is 12.8 Å². The third-order valence-corrected chi connectivity index (χ3v) is 4.96. The molecule has 25 heavy (non-hydrogen) atoms. The molecule has 1 saturated heterocycles. The molecule has 0 amide bonds. The van der Waals surface area contributed by atoms with Gasteiger partial charge in [-0.3, -0.25) is 4.98 Å². The summed E-state index contributed by atoms with van der Waals surface area (Å²) in [6.07, 6.45) is 7.02. The fourth-order valence-electron chi connectivity index (χ4n) is 3.39. The molecule has 1 aliphatic heterocycles. The van der Waals surface area contributed by atoms with Gasteiger partial charge < -0.3 is 9.64 Å². The third-order valence-electron chi connectivity index (χ3n) is 4.96. The molecule has 4 heterocycles. The standard InChI is InChI=1S/C18H20N6O/c1-2-14(1)18-21-20-16-3-4-17(22-24(16)18)23-10-7-13(11-23)12-25-15-5-8-19-9-6-15/h3-6,8-9,13-14H,1-2,7,10-12H2. The highest BCUT2D eigenvalue weighted by Gasteiger charge is 2.30. The van der Waals surface area contributed by atoms with E-state index in [0.717, 1.165) is 49.2 Å². The predicted octanol–water partition coefficient (Wildman–Crippen LogP) is 2.30. The van der Waals surface area contributed by atoms with E-state index in [-0.39, 0.29) is 0 Å². The van der Waals surface area contributed by atoms with Crippen molar-refractivity contribution in [3.05, 3.63) is 42.5 Å². The minimum Gasteiger partial charge on any atom is -0.493 e. The molecule has 0 spiro atoms. The lowest BCUT2D eigenvalue weighted by atomic mass is 10.1. The van der Waals surface area contributed by atoms with Gasteiger partial charge in [0.2, 0.25) is 0 Å². The van der Waals surface area contributed by atoms with Crippen molar-refractivity contribution >= 4 is 11.5 Å². The number of fused-ring (bicyclic) bond motifs is 1. The molecule has 7 nitrogen and oxygen atoms in total. The van der Waals surface area contributed by atoms with Gasteiger partial charge >= 0.3 is 0 Å². The Morgan fingerprint density at radius 3 is 2.76 bits per heavy atom. The molecule has 3 aromatic heterocycles. The largest absolute Gasteiger partial charge is 0.493 e. The van der Waals surface area contributed by atoms with Crippen LogP contribution in [0.5, 0.6) is 5.75 Å². The van der Waals surface area contributed by atoms with Gasteiger partial charge in [-0.1, -0.05) is 0 Å². The smallest absolute Gasteiger partial charge is 0.178 e. The molecule has 2 aliphatic rings. The Kier molecular flexibility index (Phi) is 3.50. The maximum absolute atomic E-state index is 5.88. The van der Waals surface area contributed by atoms with Crippen LogP contribution in [0.3, 0.4) is 0 Å². The normalized spacial score (nSPS) is 20.3. The Labute approximate surface area is 145 Å². The van der Waals surface area contributed by atoms with Gasteiger partial charge in [-0.05, 0) is 43.5 Å². The average molecular weight is 336 g/mol. The maximum Gasteiger partial charge on any atom is 0.178 e. The molecular weight excluding hydrogens is 316 g/mol. The number of rotatable bonds is 5. The summed E-state index contributed by atoms with van der Waals surface area (Å²) in [5, 5.41) is 13.3. The molecule has 1 atom stereocenters. The lowest BCUT2D eigenvalue weighted by molar-refractivity contribution is 0.261. The lowest BCUT2D eigenvalue weighted by Gasteiger charge is -2.17. The molecule has 0 radical (unpaired) electrons. The van der Waals surface area contributed by atoms with Gasteiger partial charge in [-0.2, -0.15) is 4.52 Å². The number of nitrogens with zero attached hydrogens (tertiary/aromatic N) is 6. The first-order valence-corrected chi connectivity index (χ1v) is 8.87. The average Bonchev–Trinajstić information content (AvgIpc) is 3.24. The molecule has 0 N–H and O–H groups in total. The van der Waals surface area contributed by atoms with Crippen molar-refractivity contribution in [2.45, 2.75) is 25.2 Å². The number of anilines is 1. The second-order valence-corrected chi connectivity index (χ2v) is 6.89. The highest BCUT2D eigenvalue weighted by molar-refractivity contribution is 5.46. The van der Waals surface area contributed by atoms with Gasteiger partial charge in [0.25, 0.3) is 0 Å². The van der Waals surface area contributed by atoms with Gasteiger partial charge in [0.15, 0.2) is 11.5 Å². The summed E-state index contributed by atoms with van der Waals surface area (Å²) >= 11 is 0. The molecular formula is C18H20N6O. The van der Waals surface area contributed by atoms with Gasteiger partial charge in [-0.25, -0.2) is 0 Å². The van der Waals surface area contributed by atoms with Crippen molar-refractivity contribution in [2.24, 2.45) is 5.92 Å². The zero-order chi connectivity index (χ0) is 16.6. The van der Waals surface area contributed by atoms with Crippen LogP contribution in [-0.2, 0) is 0 Å². The summed E-state index contributed by atoms with van der Waals surface area (Å²) in [7, 11) is 0. The molecule has 3 aromatic rings. The Morgan fingerprint density at radius 2 is 1.92 bits per heavy atom. The topological polar surface area (TPSA) is 68.4 Å². The maximum atomic E-state index is 5.88. The quantitative estimate of drug-likeness (QED) is 0.712. The fourth-order valence-corrected chi connectivity index (χ4v) is 3.39. The number of hydrogen-bond acceptors (Lipinski definition) is 6. The zero-order valence-corrected chi connectivity index (χ0v) is 14.0. The Balaban J connectivity index is 1.28. The van der Waals surface area contributed by atoms with Crippen LogP contribution in [0.25, 0.3) is 5.65 Å². The molecule has 5 rings (SSSR count). The first kappa shape index (κ1) is 14.6. The van der Waals surface area contributed by atoms with E-state index in [9.17, 15) is 0 Å². The molecule has 1 saturated carbocycles. The van der Waals surface area contributed by atoms with E-state index in [4.69, 9.17) is 9.84 Å². The van der Waals surface area contributed by atoms with E-state index in [1.807, 2.05) is 28.8 Å². The SMILES string of the molecule is c1cc(OCC2CCN(c3ccc4nnc(C5CC5)n4n3)C2)ccn1. The summed E-state index contributed by atoms with van der Waals surface area (Å²) in [6, 6.07) is 7.86. The lowest BCUT2D eigenvalue weighted by Crippen LogP contribution is -2.23. The first-order chi connectivity index (χ1) is 12.4. The summed E-state index contributed by atoms with van der Waals surface area (Å²) in [5.74, 6) is 3.94. The van der Waals surface area contributed by atoms with Crippen LogP contribution in [0, 0.1) is 5.92 Å². The second kappa shape index (κ2) is 5.98. The highest BCUT2D eigenvalue weighted by Crippen LogP contribution is 2.38. The van der Waals surface area contributed by atoms with E-state index in [0.29, 0.717) is 11.8 Å². The van der Waals surface area contributed by atoms with E-state index < -0.39 is 0 Å². The van der Waals surface area contributed by atoms with E-state index >= 15 is 0 Å². The van der Waals surface area contributed by atoms with Gasteiger partial charge in [0.1, 0.15) is 11.6 Å². The van der Waals surface area contributed by atoms with Crippen molar-refractivity contribution in [3.8, 4) is 5.75 Å². The molecule has 0 aromatic carbocycles. The summed E-state index contributed by atoms with van der Waals surface area (Å²) in [4.78, 5) is 6.34. The summed E-state index contributed by atoms with van der Waals surface area (Å²) in [6.45, 7) is 2.69. The Hall–Kier alpha value is -2.70.